The summed E-state index contributed by atoms with van der Waals surface area (Å²) in [5.74, 6) is -0.868. The second kappa shape index (κ2) is 5.75. The molecule has 0 aliphatic rings. The van der Waals surface area contributed by atoms with Crippen molar-refractivity contribution in [2.75, 3.05) is 0 Å². The zero-order valence-electron chi connectivity index (χ0n) is 8.45. The van der Waals surface area contributed by atoms with Gasteiger partial charge in [0.2, 0.25) is 0 Å². The van der Waals surface area contributed by atoms with Gasteiger partial charge in [-0.05, 0) is 12.3 Å². The molecule has 0 amide bonds. The Morgan fingerprint density at radius 3 is 2.31 bits per heavy atom. The van der Waals surface area contributed by atoms with Crippen molar-refractivity contribution in [2.24, 2.45) is 5.92 Å². The molecule has 0 rings (SSSR count). The second-order valence-corrected chi connectivity index (χ2v) is 3.48. The molecule has 0 saturated heterocycles. The van der Waals surface area contributed by atoms with Crippen molar-refractivity contribution >= 4 is 5.97 Å². The van der Waals surface area contributed by atoms with Crippen molar-refractivity contribution in [3.05, 3.63) is 11.6 Å². The molecule has 0 fully saturated rings. The molecule has 0 aromatic rings. The van der Waals surface area contributed by atoms with Crippen molar-refractivity contribution in [1.29, 1.82) is 0 Å². The first-order chi connectivity index (χ1) is 5.99. The number of hydrogen-bond acceptors (Lipinski definition) is 2. The van der Waals surface area contributed by atoms with Crippen LogP contribution in [0.3, 0.4) is 0 Å². The highest BCUT2D eigenvalue weighted by molar-refractivity contribution is 5.87. The lowest BCUT2D eigenvalue weighted by molar-refractivity contribution is -0.133. The normalized spacial score (nSPS) is 14.7. The maximum atomic E-state index is 10.7. The lowest BCUT2D eigenvalue weighted by Gasteiger charge is -2.11. The molecule has 0 aromatic heterocycles. The minimum Gasteiger partial charge on any atom is -0.478 e. The number of rotatable bonds is 5. The van der Waals surface area contributed by atoms with Gasteiger partial charge in [0.05, 0.1) is 11.7 Å². The van der Waals surface area contributed by atoms with Crippen molar-refractivity contribution < 1.29 is 15.0 Å². The molecule has 1 atom stereocenters. The summed E-state index contributed by atoms with van der Waals surface area (Å²) in [5, 5.41) is 18.3. The summed E-state index contributed by atoms with van der Waals surface area (Å²) >= 11 is 0. The quantitative estimate of drug-likeness (QED) is 0.644. The lowest BCUT2D eigenvalue weighted by atomic mass is 10.0. The first-order valence-electron chi connectivity index (χ1n) is 4.62. The van der Waals surface area contributed by atoms with Crippen LogP contribution in [0.2, 0.25) is 0 Å². The van der Waals surface area contributed by atoms with Gasteiger partial charge in [0.25, 0.3) is 0 Å². The molecule has 3 heteroatoms. The molecule has 76 valence electrons. The fourth-order valence-corrected chi connectivity index (χ4v) is 1.11. The van der Waals surface area contributed by atoms with E-state index in [1.165, 1.54) is 0 Å². The first kappa shape index (κ1) is 12.2. The molecule has 0 saturated carbocycles. The van der Waals surface area contributed by atoms with Crippen LogP contribution in [0.5, 0.6) is 0 Å². The Bertz CT molecular complexity index is 194. The number of carbonyl (C=O) groups is 1. The average molecular weight is 186 g/mol. The predicted molar refractivity (Wildman–Crippen MR) is 51.5 cm³/mol. The molecular formula is C10H18O3. The number of allylic oxidation sites excluding steroid dienone is 1. The minimum atomic E-state index is -1.02. The van der Waals surface area contributed by atoms with E-state index in [9.17, 15) is 9.90 Å². The van der Waals surface area contributed by atoms with Crippen molar-refractivity contribution in [3.63, 3.8) is 0 Å². The van der Waals surface area contributed by atoms with E-state index in [1.54, 1.807) is 6.08 Å². The van der Waals surface area contributed by atoms with Crippen LogP contribution in [0.25, 0.3) is 0 Å². The molecule has 3 nitrogen and oxygen atoms in total. The Morgan fingerprint density at radius 1 is 1.46 bits per heavy atom. The monoisotopic (exact) mass is 186 g/mol. The molecule has 0 aromatic carbocycles. The van der Waals surface area contributed by atoms with Crippen LogP contribution in [0.4, 0.5) is 0 Å². The molecule has 0 heterocycles. The van der Waals surface area contributed by atoms with E-state index in [1.807, 2.05) is 20.8 Å². The minimum absolute atomic E-state index is 0.122. The van der Waals surface area contributed by atoms with E-state index in [2.05, 4.69) is 0 Å². The van der Waals surface area contributed by atoms with Gasteiger partial charge in [-0.25, -0.2) is 4.79 Å². The summed E-state index contributed by atoms with van der Waals surface area (Å²) in [7, 11) is 0. The van der Waals surface area contributed by atoms with E-state index >= 15 is 0 Å². The highest BCUT2D eigenvalue weighted by Crippen LogP contribution is 2.12. The summed E-state index contributed by atoms with van der Waals surface area (Å²) in [5.41, 5.74) is 0.122. The van der Waals surface area contributed by atoms with Gasteiger partial charge in [0, 0.05) is 0 Å². The van der Waals surface area contributed by atoms with E-state index in [0.717, 1.165) is 6.42 Å². The predicted octanol–water partition coefficient (Wildman–Crippen LogP) is 1.81. The van der Waals surface area contributed by atoms with E-state index < -0.39 is 12.1 Å². The van der Waals surface area contributed by atoms with Crippen LogP contribution >= 0.6 is 0 Å². The second-order valence-electron chi connectivity index (χ2n) is 3.48. The lowest BCUT2D eigenvalue weighted by Crippen LogP contribution is -2.18. The van der Waals surface area contributed by atoms with Gasteiger partial charge >= 0.3 is 5.97 Å². The SMILES string of the molecule is CCC[C@@H](O)/C(=C\C(C)C)C(=O)O. The van der Waals surface area contributed by atoms with Crippen molar-refractivity contribution in [3.8, 4) is 0 Å². The number of aliphatic hydroxyl groups is 1. The summed E-state index contributed by atoms with van der Waals surface area (Å²) in [6.45, 7) is 5.70. The molecule has 0 spiro atoms. The molecule has 0 radical (unpaired) electrons. The highest BCUT2D eigenvalue weighted by atomic mass is 16.4. The zero-order valence-corrected chi connectivity index (χ0v) is 8.45. The third kappa shape index (κ3) is 4.68. The van der Waals surface area contributed by atoms with Crippen molar-refractivity contribution in [2.45, 2.75) is 39.7 Å². The Balaban J connectivity index is 4.51. The maximum absolute atomic E-state index is 10.7. The molecular weight excluding hydrogens is 168 g/mol. The zero-order chi connectivity index (χ0) is 10.4. The van der Waals surface area contributed by atoms with E-state index in [0.29, 0.717) is 6.42 Å². The Hall–Kier alpha value is -0.830. The Kier molecular flexibility index (Phi) is 5.39. The van der Waals surface area contributed by atoms with Gasteiger partial charge in [-0.3, -0.25) is 0 Å². The molecule has 0 unspecified atom stereocenters. The molecule has 2 N–H and O–H groups in total. The fraction of sp³-hybridized carbons (Fsp3) is 0.700. The molecule has 0 bridgehead atoms. The maximum Gasteiger partial charge on any atom is 0.333 e. The number of carboxylic acid groups (broad SMARTS) is 1. The number of hydrogen-bond donors (Lipinski definition) is 2. The summed E-state index contributed by atoms with van der Waals surface area (Å²) in [6.07, 6.45) is 2.06. The standard InChI is InChI=1S/C10H18O3/c1-4-5-9(11)8(10(12)13)6-7(2)3/h6-7,9,11H,4-5H2,1-3H3,(H,12,13)/b8-6+/t9-/m1/s1. The van der Waals surface area contributed by atoms with Gasteiger partial charge in [-0.15, -0.1) is 0 Å². The fourth-order valence-electron chi connectivity index (χ4n) is 1.11. The van der Waals surface area contributed by atoms with Gasteiger partial charge < -0.3 is 10.2 Å². The third-order valence-corrected chi connectivity index (χ3v) is 1.68. The van der Waals surface area contributed by atoms with Crippen LogP contribution in [-0.4, -0.2) is 22.3 Å². The van der Waals surface area contributed by atoms with Crippen LogP contribution in [0.15, 0.2) is 11.6 Å². The topological polar surface area (TPSA) is 57.5 Å². The van der Waals surface area contributed by atoms with Crippen LogP contribution in [0, 0.1) is 5.92 Å². The van der Waals surface area contributed by atoms with E-state index in [-0.39, 0.29) is 11.5 Å². The summed E-state index contributed by atoms with van der Waals surface area (Å²) < 4.78 is 0. The largest absolute Gasteiger partial charge is 0.478 e. The highest BCUT2D eigenvalue weighted by Gasteiger charge is 2.16. The van der Waals surface area contributed by atoms with E-state index in [4.69, 9.17) is 5.11 Å². The van der Waals surface area contributed by atoms with Crippen molar-refractivity contribution in [1.82, 2.24) is 0 Å². The number of aliphatic carboxylic acids is 1. The molecule has 0 aliphatic heterocycles. The number of aliphatic hydroxyl groups excluding tert-OH is 1. The molecule has 13 heavy (non-hydrogen) atoms. The Labute approximate surface area is 79.1 Å². The van der Waals surface area contributed by atoms with Gasteiger partial charge in [-0.1, -0.05) is 33.3 Å². The van der Waals surface area contributed by atoms with Gasteiger partial charge in [-0.2, -0.15) is 0 Å². The third-order valence-electron chi connectivity index (χ3n) is 1.68. The van der Waals surface area contributed by atoms with Crippen LogP contribution < -0.4 is 0 Å². The van der Waals surface area contributed by atoms with Crippen LogP contribution in [-0.2, 0) is 4.79 Å². The Morgan fingerprint density at radius 2 is 2.00 bits per heavy atom. The smallest absolute Gasteiger partial charge is 0.333 e. The first-order valence-corrected chi connectivity index (χ1v) is 4.62. The van der Waals surface area contributed by atoms with Gasteiger partial charge in [0.1, 0.15) is 0 Å². The van der Waals surface area contributed by atoms with Gasteiger partial charge in [0.15, 0.2) is 0 Å². The average Bonchev–Trinajstić information content (AvgIpc) is 1.99. The molecule has 0 aliphatic carbocycles. The summed E-state index contributed by atoms with van der Waals surface area (Å²) in [4.78, 5) is 10.7. The van der Waals surface area contributed by atoms with Crippen LogP contribution in [0.1, 0.15) is 33.6 Å². The number of carboxylic acids is 1. The summed E-state index contributed by atoms with van der Waals surface area (Å²) in [6, 6.07) is 0.